The maximum atomic E-state index is 12.8. The van der Waals surface area contributed by atoms with Crippen molar-refractivity contribution in [2.24, 2.45) is 5.16 Å². The van der Waals surface area contributed by atoms with Gasteiger partial charge < -0.3 is 26.3 Å². The predicted octanol–water partition coefficient (Wildman–Crippen LogP) is 0.363. The van der Waals surface area contributed by atoms with Crippen LogP contribution in [0.2, 0.25) is 0 Å². The van der Waals surface area contributed by atoms with Crippen molar-refractivity contribution in [2.75, 3.05) is 24.6 Å². The maximum absolute atomic E-state index is 12.8. The van der Waals surface area contributed by atoms with E-state index >= 15 is 0 Å². The fourth-order valence-corrected chi connectivity index (χ4v) is 5.80. The molecule has 0 aliphatic carbocycles. The Morgan fingerprint density at radius 3 is 2.67 bits per heavy atom. The average Bonchev–Trinajstić information content (AvgIpc) is 3.37. The summed E-state index contributed by atoms with van der Waals surface area (Å²) in [6.45, 7) is -1.57. The number of carboxylic acids is 1. The van der Waals surface area contributed by atoms with Gasteiger partial charge in [0.05, 0.1) is 0 Å². The molecule has 4 rings (SSSR count). The molecule has 192 valence electrons. The topological polar surface area (TPSA) is 179 Å². The molecule has 12 nitrogen and oxygen atoms in total. The number of hydrogen-bond donors (Lipinski definition) is 4. The van der Waals surface area contributed by atoms with Crippen molar-refractivity contribution >= 4 is 57.6 Å². The highest BCUT2D eigenvalue weighted by Gasteiger charge is 2.54. The highest BCUT2D eigenvalue weighted by atomic mass is 32.2. The van der Waals surface area contributed by atoms with Crippen LogP contribution in [0.1, 0.15) is 12.1 Å². The molecule has 0 aromatic carbocycles. The Bertz CT molecular complexity index is 1240. The van der Waals surface area contributed by atoms with Crippen LogP contribution in [0.5, 0.6) is 0 Å². The van der Waals surface area contributed by atoms with Crippen LogP contribution in [-0.4, -0.2) is 90.9 Å². The van der Waals surface area contributed by atoms with Crippen LogP contribution in [-0.2, 0) is 19.2 Å². The minimum Gasteiger partial charge on any atom is -0.477 e. The van der Waals surface area contributed by atoms with Crippen LogP contribution in [0.25, 0.3) is 0 Å². The summed E-state index contributed by atoms with van der Waals surface area (Å²) in [7, 11) is 0. The summed E-state index contributed by atoms with van der Waals surface area (Å²) in [6.07, 6.45) is -3.36. The lowest BCUT2D eigenvalue weighted by Gasteiger charge is -2.49. The molecule has 0 radical (unpaired) electrons. The monoisotopic (exact) mass is 546 g/mol. The third-order valence-electron chi connectivity index (χ3n) is 5.50. The zero-order valence-electron chi connectivity index (χ0n) is 18.0. The number of aliphatic carboxylic acids is 1. The third-order valence-corrected chi connectivity index (χ3v) is 7.47. The molecular weight excluding hydrogens is 529 g/mol. The van der Waals surface area contributed by atoms with Gasteiger partial charge in [-0.2, -0.15) is 13.2 Å². The lowest BCUT2D eigenvalue weighted by Crippen LogP contribution is -2.71. The molecule has 5 N–H and O–H groups in total. The Morgan fingerprint density at radius 1 is 1.36 bits per heavy atom. The minimum atomic E-state index is -4.57. The Morgan fingerprint density at radius 2 is 2.08 bits per heavy atom. The van der Waals surface area contributed by atoms with Gasteiger partial charge in [0.15, 0.2) is 10.8 Å². The number of nitrogens with zero attached hydrogens (tertiary/aromatic N) is 4. The molecule has 2 atom stereocenters. The van der Waals surface area contributed by atoms with E-state index in [4.69, 9.17) is 5.73 Å². The number of nitrogens with one attached hydrogen (secondary N) is 1. The van der Waals surface area contributed by atoms with E-state index in [1.165, 1.54) is 11.5 Å². The van der Waals surface area contributed by atoms with Crippen molar-refractivity contribution in [3.63, 3.8) is 0 Å². The van der Waals surface area contributed by atoms with Crippen LogP contribution in [0.4, 0.5) is 18.3 Å². The molecule has 3 amide bonds. The van der Waals surface area contributed by atoms with E-state index in [2.05, 4.69) is 15.5 Å². The first-order chi connectivity index (χ1) is 16.9. The summed E-state index contributed by atoms with van der Waals surface area (Å²) in [6, 6.07) is -1.14. The molecule has 2 saturated heterocycles. The first-order valence-electron chi connectivity index (χ1n) is 10.1. The number of carbonyl (C=O) groups excluding carboxylic acids is 3. The Hall–Kier alpha value is -3.60. The van der Waals surface area contributed by atoms with Crippen molar-refractivity contribution < 1.29 is 42.7 Å². The van der Waals surface area contributed by atoms with Gasteiger partial charge >= 0.3 is 12.1 Å². The fourth-order valence-electron chi connectivity index (χ4n) is 3.95. The lowest BCUT2D eigenvalue weighted by atomic mass is 10.0. The average molecular weight is 547 g/mol. The van der Waals surface area contributed by atoms with Gasteiger partial charge in [-0.25, -0.2) is 9.78 Å². The molecule has 3 aliphatic heterocycles. The van der Waals surface area contributed by atoms with Crippen molar-refractivity contribution in [2.45, 2.75) is 24.0 Å². The first-order valence-corrected chi connectivity index (χ1v) is 12.1. The fraction of sp³-hybridized carbons (Fsp3) is 0.368. The Balaban J connectivity index is 1.52. The zero-order valence-corrected chi connectivity index (χ0v) is 19.6. The standard InChI is InChI=1S/C19H17F3N6O6S2/c20-19(21,22)6-27-2-1-7(14(27)30)3-8-4-35-16-11(15(31)28(16)12(8)17(32)33)25-13(29)10(26-34)9-5-36-18(23)24-9/h3,5,11,16,34H,1-2,4,6H2,(H2,23,24)(H,25,29)(H,32,33)/b7-3+,26-10+/t11-,16-/m1/s1. The molecular formula is C19H17F3N6O6S2. The molecule has 4 heterocycles. The number of oxime groups is 1. The number of hydrogen-bond acceptors (Lipinski definition) is 10. The summed E-state index contributed by atoms with van der Waals surface area (Å²) in [4.78, 5) is 55.1. The third kappa shape index (κ3) is 4.75. The zero-order chi connectivity index (χ0) is 26.4. The second kappa shape index (κ2) is 9.45. The number of amides is 3. The van der Waals surface area contributed by atoms with Gasteiger partial charge in [0.1, 0.15) is 29.4 Å². The molecule has 0 bridgehead atoms. The van der Waals surface area contributed by atoms with E-state index in [1.54, 1.807) is 0 Å². The summed E-state index contributed by atoms with van der Waals surface area (Å²) in [5, 5.41) is 24.9. The van der Waals surface area contributed by atoms with Crippen LogP contribution in [0.15, 0.2) is 33.5 Å². The molecule has 0 spiro atoms. The number of fused-ring (bicyclic) bond motifs is 1. The van der Waals surface area contributed by atoms with Gasteiger partial charge in [-0.1, -0.05) is 5.16 Å². The highest BCUT2D eigenvalue weighted by Crippen LogP contribution is 2.41. The second-order valence-electron chi connectivity index (χ2n) is 7.82. The molecule has 0 saturated carbocycles. The predicted molar refractivity (Wildman–Crippen MR) is 120 cm³/mol. The molecule has 0 unspecified atom stereocenters. The molecule has 17 heteroatoms. The molecule has 3 aliphatic rings. The first kappa shape index (κ1) is 25.5. The number of likely N-dealkylation sites (tertiary alicyclic amines) is 1. The summed E-state index contributed by atoms with van der Waals surface area (Å²) >= 11 is 2.09. The van der Waals surface area contributed by atoms with Crippen LogP contribution >= 0.6 is 23.1 Å². The SMILES string of the molecule is Nc1nc(/C(=N\O)C(=O)N[C@@H]2C(=O)N3C(C(=O)O)=C(/C=C4\CCN(CC(F)(F)F)C4=O)CS[C@H]23)cs1. The number of thiazole rings is 1. The van der Waals surface area contributed by atoms with E-state index in [0.29, 0.717) is 4.90 Å². The van der Waals surface area contributed by atoms with Crippen molar-refractivity contribution in [3.05, 3.63) is 34.0 Å². The smallest absolute Gasteiger partial charge is 0.406 e. The number of aromatic nitrogens is 1. The van der Waals surface area contributed by atoms with E-state index in [0.717, 1.165) is 28.0 Å². The number of allylic oxidation sites excluding steroid dienone is 1. The number of rotatable bonds is 6. The number of nitrogen functional groups attached to an aromatic ring is 1. The van der Waals surface area contributed by atoms with Gasteiger partial charge in [-0.15, -0.1) is 23.1 Å². The van der Waals surface area contributed by atoms with E-state index in [-0.39, 0.29) is 40.7 Å². The Kier molecular flexibility index (Phi) is 6.70. The van der Waals surface area contributed by atoms with E-state index in [9.17, 15) is 42.7 Å². The quantitative estimate of drug-likeness (QED) is 0.129. The van der Waals surface area contributed by atoms with Crippen LogP contribution < -0.4 is 11.1 Å². The normalized spacial score (nSPS) is 23.8. The largest absolute Gasteiger partial charge is 0.477 e. The maximum Gasteiger partial charge on any atom is 0.406 e. The summed E-state index contributed by atoms with van der Waals surface area (Å²) < 4.78 is 38.0. The molecule has 36 heavy (non-hydrogen) atoms. The number of alkyl halides is 3. The van der Waals surface area contributed by atoms with Crippen LogP contribution in [0, 0.1) is 0 Å². The highest BCUT2D eigenvalue weighted by molar-refractivity contribution is 8.00. The molecule has 2 fully saturated rings. The van der Waals surface area contributed by atoms with Gasteiger partial charge in [0, 0.05) is 23.3 Å². The minimum absolute atomic E-state index is 0.00353. The number of halogens is 3. The molecule has 1 aromatic heterocycles. The van der Waals surface area contributed by atoms with Gasteiger partial charge in [-0.3, -0.25) is 19.3 Å². The molecule has 1 aromatic rings. The van der Waals surface area contributed by atoms with E-state index in [1.807, 2.05) is 0 Å². The van der Waals surface area contributed by atoms with Crippen molar-refractivity contribution in [1.29, 1.82) is 0 Å². The number of thioether (sulfide) groups is 1. The van der Waals surface area contributed by atoms with Crippen LogP contribution in [0.3, 0.4) is 0 Å². The van der Waals surface area contributed by atoms with Crippen molar-refractivity contribution in [3.8, 4) is 0 Å². The number of β-lactam (4-membered cyclic amide) rings is 1. The number of carboxylic acid groups (broad SMARTS) is 1. The summed E-state index contributed by atoms with van der Waals surface area (Å²) in [5.74, 6) is -4.01. The number of carbonyl (C=O) groups is 4. The van der Waals surface area contributed by atoms with Crippen molar-refractivity contribution in [1.82, 2.24) is 20.1 Å². The second-order valence-corrected chi connectivity index (χ2v) is 9.82. The lowest BCUT2D eigenvalue weighted by molar-refractivity contribution is -0.156. The number of nitrogens with two attached hydrogens (primary N) is 1. The van der Waals surface area contributed by atoms with Gasteiger partial charge in [0.25, 0.3) is 11.8 Å². The van der Waals surface area contributed by atoms with E-state index < -0.39 is 59.2 Å². The van der Waals surface area contributed by atoms with Gasteiger partial charge in [0.2, 0.25) is 5.91 Å². The van der Waals surface area contributed by atoms with Gasteiger partial charge in [-0.05, 0) is 18.1 Å². The summed E-state index contributed by atoms with van der Waals surface area (Å²) in [5.41, 5.74) is 4.69. The Labute approximate surface area is 208 Å². The number of anilines is 1.